The van der Waals surface area contributed by atoms with Crippen molar-refractivity contribution in [2.24, 2.45) is 4.99 Å². The molecule has 1 aliphatic rings. The average Bonchev–Trinajstić information content (AvgIpc) is 3.25. The fourth-order valence-electron chi connectivity index (χ4n) is 4.37. The Morgan fingerprint density at radius 1 is 1.05 bits per heavy atom. The normalized spacial score (nSPS) is 14.5. The molecule has 0 N–H and O–H groups in total. The summed E-state index contributed by atoms with van der Waals surface area (Å²) in [5.74, 6) is -0.654. The SMILES string of the molecule is CCOC(=O)C1=C(C)N=c2s/c(=C/c3cccc(OC(C)=O)c3)c(=O)n2[C@@H]1c1ccc(OCC(=O)OC)c(OCC)c1. The van der Waals surface area contributed by atoms with Crippen LogP contribution in [0.4, 0.5) is 0 Å². The van der Waals surface area contributed by atoms with E-state index in [4.69, 9.17) is 18.9 Å². The van der Waals surface area contributed by atoms with Gasteiger partial charge in [0.25, 0.3) is 5.56 Å². The van der Waals surface area contributed by atoms with Gasteiger partial charge in [-0.3, -0.25) is 14.2 Å². The van der Waals surface area contributed by atoms with Crippen LogP contribution < -0.4 is 29.1 Å². The molecular formula is C30H30N2O9S. The molecule has 4 rings (SSSR count). The van der Waals surface area contributed by atoms with Gasteiger partial charge in [0, 0.05) is 6.92 Å². The van der Waals surface area contributed by atoms with Gasteiger partial charge in [-0.05, 0) is 62.2 Å². The summed E-state index contributed by atoms with van der Waals surface area (Å²) in [6.45, 7) is 6.60. The molecule has 1 atom stereocenters. The van der Waals surface area contributed by atoms with Crippen LogP contribution in [-0.4, -0.2) is 49.4 Å². The smallest absolute Gasteiger partial charge is 0.343 e. The molecule has 0 amide bonds. The summed E-state index contributed by atoms with van der Waals surface area (Å²) in [5, 5.41) is 0. The van der Waals surface area contributed by atoms with Crippen LogP contribution >= 0.6 is 11.3 Å². The number of methoxy groups -OCH3 is 1. The van der Waals surface area contributed by atoms with Crippen molar-refractivity contribution in [2.45, 2.75) is 33.7 Å². The van der Waals surface area contributed by atoms with Crippen molar-refractivity contribution in [1.29, 1.82) is 0 Å². The third-order valence-electron chi connectivity index (χ3n) is 6.09. The molecular weight excluding hydrogens is 564 g/mol. The third-order valence-corrected chi connectivity index (χ3v) is 7.07. The number of hydrogen-bond donors (Lipinski definition) is 0. The minimum absolute atomic E-state index is 0.135. The molecule has 2 heterocycles. The number of aromatic nitrogens is 1. The number of fused-ring (bicyclic) bond motifs is 1. The molecule has 2 aromatic carbocycles. The second-order valence-electron chi connectivity index (χ2n) is 8.97. The van der Waals surface area contributed by atoms with Crippen LogP contribution in [0.2, 0.25) is 0 Å². The van der Waals surface area contributed by atoms with Gasteiger partial charge in [-0.2, -0.15) is 0 Å². The first kappa shape index (κ1) is 30.3. The summed E-state index contributed by atoms with van der Waals surface area (Å²) in [4.78, 5) is 55.1. The molecule has 0 aliphatic carbocycles. The Morgan fingerprint density at radius 2 is 1.83 bits per heavy atom. The van der Waals surface area contributed by atoms with Crippen LogP contribution in [0.5, 0.6) is 17.2 Å². The van der Waals surface area contributed by atoms with Gasteiger partial charge < -0.3 is 23.7 Å². The van der Waals surface area contributed by atoms with Crippen molar-refractivity contribution in [3.8, 4) is 17.2 Å². The predicted molar refractivity (Wildman–Crippen MR) is 153 cm³/mol. The van der Waals surface area contributed by atoms with Crippen molar-refractivity contribution in [2.75, 3.05) is 26.9 Å². The molecule has 0 radical (unpaired) electrons. The van der Waals surface area contributed by atoms with E-state index >= 15 is 0 Å². The number of carbonyl (C=O) groups excluding carboxylic acids is 3. The molecule has 42 heavy (non-hydrogen) atoms. The summed E-state index contributed by atoms with van der Waals surface area (Å²) >= 11 is 1.16. The number of carbonyl (C=O) groups is 3. The molecule has 220 valence electrons. The summed E-state index contributed by atoms with van der Waals surface area (Å²) in [6.07, 6.45) is 1.67. The van der Waals surface area contributed by atoms with E-state index < -0.39 is 23.9 Å². The van der Waals surface area contributed by atoms with Gasteiger partial charge >= 0.3 is 17.9 Å². The first-order chi connectivity index (χ1) is 20.2. The molecule has 11 nitrogen and oxygen atoms in total. The number of ether oxygens (including phenoxy) is 5. The Balaban J connectivity index is 1.88. The highest BCUT2D eigenvalue weighted by atomic mass is 32.1. The zero-order chi connectivity index (χ0) is 30.4. The van der Waals surface area contributed by atoms with E-state index in [1.54, 1.807) is 69.3 Å². The number of esters is 3. The molecule has 0 unspecified atom stereocenters. The van der Waals surface area contributed by atoms with E-state index in [0.29, 0.717) is 50.0 Å². The van der Waals surface area contributed by atoms with E-state index in [9.17, 15) is 19.2 Å². The van der Waals surface area contributed by atoms with Crippen LogP contribution in [-0.2, 0) is 23.9 Å². The number of thiazole rings is 1. The number of nitrogens with zero attached hydrogens (tertiary/aromatic N) is 2. The number of rotatable bonds is 10. The van der Waals surface area contributed by atoms with E-state index in [1.807, 2.05) is 0 Å². The topological polar surface area (TPSA) is 132 Å². The maximum atomic E-state index is 13.9. The van der Waals surface area contributed by atoms with Gasteiger partial charge in [-0.15, -0.1) is 0 Å². The zero-order valence-electron chi connectivity index (χ0n) is 23.8. The van der Waals surface area contributed by atoms with Gasteiger partial charge in [-0.25, -0.2) is 14.6 Å². The summed E-state index contributed by atoms with van der Waals surface area (Å²) in [5.41, 5.74) is 1.43. The molecule has 0 fully saturated rings. The Bertz CT molecular complexity index is 1740. The van der Waals surface area contributed by atoms with Crippen molar-refractivity contribution in [1.82, 2.24) is 4.57 Å². The molecule has 1 aliphatic heterocycles. The minimum atomic E-state index is -0.885. The zero-order valence-corrected chi connectivity index (χ0v) is 24.6. The van der Waals surface area contributed by atoms with Gasteiger partial charge in [-0.1, -0.05) is 29.5 Å². The van der Waals surface area contributed by atoms with E-state index in [2.05, 4.69) is 9.73 Å². The Morgan fingerprint density at radius 3 is 2.52 bits per heavy atom. The first-order valence-corrected chi connectivity index (χ1v) is 13.9. The van der Waals surface area contributed by atoms with Crippen LogP contribution in [0, 0.1) is 0 Å². The lowest BCUT2D eigenvalue weighted by Crippen LogP contribution is -2.40. The summed E-state index contributed by atoms with van der Waals surface area (Å²) < 4.78 is 28.4. The highest BCUT2D eigenvalue weighted by molar-refractivity contribution is 7.07. The largest absolute Gasteiger partial charge is 0.490 e. The molecule has 12 heteroatoms. The number of allylic oxidation sites excluding steroid dienone is 1. The van der Waals surface area contributed by atoms with Crippen molar-refractivity contribution >= 4 is 35.3 Å². The quantitative estimate of drug-likeness (QED) is 0.257. The maximum Gasteiger partial charge on any atom is 0.343 e. The van der Waals surface area contributed by atoms with Crippen LogP contribution in [0.1, 0.15) is 44.9 Å². The van der Waals surface area contributed by atoms with E-state index in [-0.39, 0.29) is 24.3 Å². The fraction of sp³-hybridized carbons (Fsp3) is 0.300. The highest BCUT2D eigenvalue weighted by Gasteiger charge is 2.34. The van der Waals surface area contributed by atoms with Crippen molar-refractivity contribution in [3.05, 3.63) is 84.5 Å². The molecule has 0 spiro atoms. The second-order valence-corrected chi connectivity index (χ2v) is 9.98. The summed E-state index contributed by atoms with van der Waals surface area (Å²) in [6, 6.07) is 10.9. The fourth-order valence-corrected chi connectivity index (χ4v) is 5.42. The minimum Gasteiger partial charge on any atom is -0.490 e. The Hall–Kier alpha value is -4.71. The van der Waals surface area contributed by atoms with Crippen molar-refractivity contribution < 1.29 is 38.1 Å². The molecule has 1 aromatic heterocycles. The maximum absolute atomic E-state index is 13.9. The lowest BCUT2D eigenvalue weighted by atomic mass is 9.95. The van der Waals surface area contributed by atoms with Gasteiger partial charge in [0.1, 0.15) is 5.75 Å². The molecule has 0 saturated heterocycles. The number of hydrogen-bond acceptors (Lipinski definition) is 11. The Kier molecular flexibility index (Phi) is 9.58. The van der Waals surface area contributed by atoms with E-state index in [1.165, 1.54) is 18.6 Å². The van der Waals surface area contributed by atoms with Gasteiger partial charge in [0.05, 0.1) is 42.2 Å². The first-order valence-electron chi connectivity index (χ1n) is 13.1. The molecule has 0 bridgehead atoms. The second kappa shape index (κ2) is 13.3. The van der Waals surface area contributed by atoms with Crippen LogP contribution in [0.25, 0.3) is 6.08 Å². The van der Waals surface area contributed by atoms with Gasteiger partial charge in [0.15, 0.2) is 22.9 Å². The van der Waals surface area contributed by atoms with Crippen LogP contribution in [0.15, 0.2) is 63.5 Å². The standard InChI is InChI=1S/C30H30N2O9S/c1-6-38-23-15-20(11-12-22(23)40-16-25(34)37-5)27-26(29(36)39-7-2)17(3)31-30-32(27)28(35)24(42-30)14-19-9-8-10-21(13-19)41-18(4)33/h8-15,27H,6-7,16H2,1-5H3/b24-14+/t27-/m1/s1. The molecule has 3 aromatic rings. The molecule has 0 saturated carbocycles. The predicted octanol–water partition coefficient (Wildman–Crippen LogP) is 2.67. The van der Waals surface area contributed by atoms with Crippen molar-refractivity contribution in [3.63, 3.8) is 0 Å². The highest BCUT2D eigenvalue weighted by Crippen LogP contribution is 2.36. The average molecular weight is 595 g/mol. The summed E-state index contributed by atoms with van der Waals surface area (Å²) in [7, 11) is 1.26. The monoisotopic (exact) mass is 594 g/mol. The van der Waals surface area contributed by atoms with E-state index in [0.717, 1.165) is 11.3 Å². The van der Waals surface area contributed by atoms with Gasteiger partial charge in [0.2, 0.25) is 0 Å². The lowest BCUT2D eigenvalue weighted by Gasteiger charge is -2.25. The number of benzene rings is 2. The third kappa shape index (κ3) is 6.60. The lowest BCUT2D eigenvalue weighted by molar-refractivity contribution is -0.143. The van der Waals surface area contributed by atoms with Crippen LogP contribution in [0.3, 0.4) is 0 Å². The Labute approximate surface area is 245 Å².